The van der Waals surface area contributed by atoms with Crippen LogP contribution in [-0.2, 0) is 44.1 Å². The molecule has 0 aliphatic rings. The van der Waals surface area contributed by atoms with Crippen LogP contribution in [0.1, 0.15) is 79.2 Å². The standard InChI is InChI=1S/C39H44F4O6/c1-4-36(44)46-26-12-8-6-10-14-30-16-20-32(21-17-30)38(40,41)48-34-24-25-35(29(3)28-34)49-39(42,43)33-22-18-31(19-23-33)15-11-7-9-13-27-47-37(45)5-2/h4-5,16-25,28H,1-2,6-15,26-27H2,3H3. The smallest absolute Gasteiger partial charge is 0.426 e. The minimum atomic E-state index is -3.65. The SMILES string of the molecule is C=CC(=O)OCCCCCCc1ccc(C(F)(F)Oc2ccc(OC(F)(F)c3ccc(CCCCCCOC(=O)C=C)cc3)c(C)c2)cc1. The largest absolute Gasteiger partial charge is 0.463 e. The van der Waals surface area contributed by atoms with Crippen molar-refractivity contribution in [1.82, 2.24) is 0 Å². The van der Waals surface area contributed by atoms with E-state index < -0.39 is 24.2 Å². The van der Waals surface area contributed by atoms with E-state index in [1.54, 1.807) is 24.3 Å². The van der Waals surface area contributed by atoms with E-state index in [1.807, 2.05) is 0 Å². The highest BCUT2D eigenvalue weighted by Crippen LogP contribution is 2.37. The summed E-state index contributed by atoms with van der Waals surface area (Å²) < 4.78 is 79.9. The van der Waals surface area contributed by atoms with Crippen molar-refractivity contribution < 1.29 is 46.1 Å². The maximum atomic E-state index is 15.0. The van der Waals surface area contributed by atoms with Crippen LogP contribution in [0.3, 0.4) is 0 Å². The first-order chi connectivity index (χ1) is 23.4. The molecule has 0 saturated heterocycles. The van der Waals surface area contributed by atoms with Crippen molar-refractivity contribution >= 4 is 11.9 Å². The molecule has 0 amide bonds. The second-order valence-electron chi connectivity index (χ2n) is 11.6. The summed E-state index contributed by atoms with van der Waals surface area (Å²) in [6, 6.07) is 15.4. The number of unbranched alkanes of at least 4 members (excludes halogenated alkanes) is 6. The first-order valence-corrected chi connectivity index (χ1v) is 16.4. The summed E-state index contributed by atoms with van der Waals surface area (Å²) in [5.41, 5.74) is 1.35. The Bertz CT molecular complexity index is 1500. The number of hydrogen-bond donors (Lipinski definition) is 0. The summed E-state index contributed by atoms with van der Waals surface area (Å²) in [5.74, 6) is -1.24. The molecule has 0 aliphatic carbocycles. The third-order valence-corrected chi connectivity index (χ3v) is 7.75. The normalized spacial score (nSPS) is 11.4. The van der Waals surface area contributed by atoms with Gasteiger partial charge in [-0.25, -0.2) is 9.59 Å². The molecule has 49 heavy (non-hydrogen) atoms. The summed E-state index contributed by atoms with van der Waals surface area (Å²) in [5, 5.41) is 0. The van der Waals surface area contributed by atoms with Crippen molar-refractivity contribution in [3.63, 3.8) is 0 Å². The fraction of sp³-hybridized carbons (Fsp3) is 0.385. The van der Waals surface area contributed by atoms with E-state index in [4.69, 9.17) is 18.9 Å². The Labute approximate surface area is 285 Å². The second kappa shape index (κ2) is 19.4. The number of halogens is 4. The lowest BCUT2D eigenvalue weighted by atomic mass is 10.0. The molecule has 0 saturated carbocycles. The molecule has 0 aromatic heterocycles. The second-order valence-corrected chi connectivity index (χ2v) is 11.6. The van der Waals surface area contributed by atoms with Crippen molar-refractivity contribution in [3.8, 4) is 11.5 Å². The number of esters is 2. The minimum absolute atomic E-state index is 0.161. The quantitative estimate of drug-likeness (QED) is 0.0454. The van der Waals surface area contributed by atoms with E-state index in [2.05, 4.69) is 13.2 Å². The average molecular weight is 685 g/mol. The number of benzene rings is 3. The molecule has 0 atom stereocenters. The predicted molar refractivity (Wildman–Crippen MR) is 180 cm³/mol. The zero-order valence-electron chi connectivity index (χ0n) is 27.9. The molecule has 10 heteroatoms. The predicted octanol–water partition coefficient (Wildman–Crippen LogP) is 9.92. The number of carbonyl (C=O) groups is 2. The zero-order chi connectivity index (χ0) is 35.7. The van der Waals surface area contributed by atoms with E-state index in [1.165, 1.54) is 49.4 Å². The van der Waals surface area contributed by atoms with Gasteiger partial charge in [0.1, 0.15) is 11.5 Å². The Balaban J connectivity index is 1.45. The van der Waals surface area contributed by atoms with E-state index in [0.29, 0.717) is 26.1 Å². The highest BCUT2D eigenvalue weighted by atomic mass is 19.3. The van der Waals surface area contributed by atoms with Gasteiger partial charge in [-0.15, -0.1) is 0 Å². The van der Waals surface area contributed by atoms with E-state index in [0.717, 1.165) is 74.6 Å². The topological polar surface area (TPSA) is 71.1 Å². The van der Waals surface area contributed by atoms with Crippen LogP contribution in [0.25, 0.3) is 0 Å². The monoisotopic (exact) mass is 684 g/mol. The van der Waals surface area contributed by atoms with Crippen molar-refractivity contribution in [2.75, 3.05) is 13.2 Å². The number of hydrogen-bond acceptors (Lipinski definition) is 6. The van der Waals surface area contributed by atoms with Crippen LogP contribution < -0.4 is 9.47 Å². The lowest BCUT2D eigenvalue weighted by Crippen LogP contribution is -2.23. The first kappa shape index (κ1) is 38.8. The summed E-state index contributed by atoms with van der Waals surface area (Å²) in [6.45, 7) is 8.85. The first-order valence-electron chi connectivity index (χ1n) is 16.4. The third kappa shape index (κ3) is 13.4. The van der Waals surface area contributed by atoms with Crippen molar-refractivity contribution in [2.24, 2.45) is 0 Å². The summed E-state index contributed by atoms with van der Waals surface area (Å²) in [4.78, 5) is 22.1. The van der Waals surface area contributed by atoms with Crippen LogP contribution in [-0.4, -0.2) is 25.2 Å². The van der Waals surface area contributed by atoms with Crippen LogP contribution in [0.5, 0.6) is 11.5 Å². The molecule has 3 aromatic carbocycles. The lowest BCUT2D eigenvalue weighted by molar-refractivity contribution is -0.188. The molecule has 0 radical (unpaired) electrons. The molecule has 0 fully saturated rings. The number of carbonyl (C=O) groups excluding carboxylic acids is 2. The zero-order valence-corrected chi connectivity index (χ0v) is 27.9. The molecule has 3 rings (SSSR count). The summed E-state index contributed by atoms with van der Waals surface area (Å²) >= 11 is 0. The van der Waals surface area contributed by atoms with Crippen LogP contribution in [0.15, 0.2) is 92.0 Å². The van der Waals surface area contributed by atoms with Crippen molar-refractivity contribution in [2.45, 2.75) is 83.3 Å². The van der Waals surface area contributed by atoms with Gasteiger partial charge < -0.3 is 18.9 Å². The molecule has 6 nitrogen and oxygen atoms in total. The van der Waals surface area contributed by atoms with Gasteiger partial charge in [-0.1, -0.05) is 63.1 Å². The van der Waals surface area contributed by atoms with Gasteiger partial charge in [0.2, 0.25) is 0 Å². The van der Waals surface area contributed by atoms with Gasteiger partial charge >= 0.3 is 24.2 Å². The molecule has 0 bridgehead atoms. The molecule has 0 unspecified atom stereocenters. The number of rotatable bonds is 22. The molecular formula is C39H44F4O6. The Hall–Kier alpha value is -4.60. The molecule has 0 N–H and O–H groups in total. The summed E-state index contributed by atoms with van der Waals surface area (Å²) in [6.07, 6.45) is 3.16. The van der Waals surface area contributed by atoms with Crippen LogP contribution in [0, 0.1) is 6.92 Å². The maximum Gasteiger partial charge on any atom is 0.426 e. The van der Waals surface area contributed by atoms with Crippen LogP contribution >= 0.6 is 0 Å². The van der Waals surface area contributed by atoms with Gasteiger partial charge in [-0.05, 0) is 105 Å². The van der Waals surface area contributed by atoms with Crippen LogP contribution in [0.4, 0.5) is 17.6 Å². The Morgan fingerprint density at radius 3 is 1.47 bits per heavy atom. The van der Waals surface area contributed by atoms with E-state index >= 15 is 8.78 Å². The van der Waals surface area contributed by atoms with E-state index in [9.17, 15) is 18.4 Å². The van der Waals surface area contributed by atoms with Crippen molar-refractivity contribution in [1.29, 1.82) is 0 Å². The minimum Gasteiger partial charge on any atom is -0.463 e. The fourth-order valence-corrected chi connectivity index (χ4v) is 4.97. The molecule has 0 spiro atoms. The van der Waals surface area contributed by atoms with Gasteiger partial charge in [0.15, 0.2) is 0 Å². The number of aryl methyl sites for hydroxylation is 3. The van der Waals surface area contributed by atoms with Gasteiger partial charge in [0.25, 0.3) is 0 Å². The van der Waals surface area contributed by atoms with Gasteiger partial charge in [0, 0.05) is 12.2 Å². The Morgan fingerprint density at radius 1 is 0.612 bits per heavy atom. The lowest BCUT2D eigenvalue weighted by Gasteiger charge is -2.22. The average Bonchev–Trinajstić information content (AvgIpc) is 3.08. The molecule has 264 valence electrons. The Kier molecular flexibility index (Phi) is 15.4. The van der Waals surface area contributed by atoms with Gasteiger partial charge in [-0.2, -0.15) is 17.6 Å². The van der Waals surface area contributed by atoms with Gasteiger partial charge in [0.05, 0.1) is 24.3 Å². The fourth-order valence-electron chi connectivity index (χ4n) is 4.97. The highest BCUT2D eigenvalue weighted by molar-refractivity contribution is 5.81. The van der Waals surface area contributed by atoms with Gasteiger partial charge in [-0.3, -0.25) is 0 Å². The van der Waals surface area contributed by atoms with E-state index in [-0.39, 0.29) is 28.2 Å². The van der Waals surface area contributed by atoms with Crippen LogP contribution in [0.2, 0.25) is 0 Å². The molecule has 3 aromatic rings. The maximum absolute atomic E-state index is 15.0. The highest BCUT2D eigenvalue weighted by Gasteiger charge is 2.36. The third-order valence-electron chi connectivity index (χ3n) is 7.75. The molecular weight excluding hydrogens is 640 g/mol. The molecule has 0 aliphatic heterocycles. The van der Waals surface area contributed by atoms with Crippen molar-refractivity contribution in [3.05, 3.63) is 120 Å². The Morgan fingerprint density at radius 2 is 1.04 bits per heavy atom. The molecule has 0 heterocycles. The number of ether oxygens (including phenoxy) is 4. The summed E-state index contributed by atoms with van der Waals surface area (Å²) in [7, 11) is 0. The number of alkyl halides is 4.